The van der Waals surface area contributed by atoms with Crippen LogP contribution in [0.5, 0.6) is 5.75 Å². The van der Waals surface area contributed by atoms with Crippen molar-refractivity contribution in [2.45, 2.75) is 89.6 Å². The van der Waals surface area contributed by atoms with Crippen LogP contribution in [0.2, 0.25) is 0 Å². The standard InChI is InChI=1S/C29H38N4O4/c1-6-21(33-23(34)17-29(7-2,8-3)32-27(33)30)18-12-11-13-19(16-18)26(36)31-24-20-14-9-10-15-22(20)37-28(4,5)25(24)35/h9-16,21,24-25,35H,6-8,17H2,1-5H3,(H2,30,32)(H,31,36)/t21?,24-,25+/m1/s1. The number of carbonyl (C=O) groups is 2. The van der Waals surface area contributed by atoms with E-state index in [1.165, 1.54) is 4.90 Å². The minimum absolute atomic E-state index is 0.0849. The molecule has 1 fully saturated rings. The molecule has 1 saturated heterocycles. The molecule has 3 atom stereocenters. The number of benzene rings is 2. The molecular formula is C29H38N4O4. The zero-order valence-corrected chi connectivity index (χ0v) is 22.3. The molecule has 2 aromatic carbocycles. The van der Waals surface area contributed by atoms with Crippen LogP contribution < -0.4 is 15.4 Å². The molecule has 4 rings (SSSR count). The lowest BCUT2D eigenvalue weighted by Crippen LogP contribution is -2.62. The second-order valence-electron chi connectivity index (χ2n) is 10.6. The quantitative estimate of drug-likeness (QED) is 0.443. The Kier molecular flexibility index (Phi) is 7.33. The fourth-order valence-corrected chi connectivity index (χ4v) is 5.44. The number of nitrogens with zero attached hydrogens (tertiary/aromatic N) is 1. The Morgan fingerprint density at radius 3 is 2.54 bits per heavy atom. The number of rotatable bonds is 7. The van der Waals surface area contributed by atoms with Crippen molar-refractivity contribution in [2.75, 3.05) is 0 Å². The number of amides is 2. The molecule has 2 aromatic rings. The van der Waals surface area contributed by atoms with Crippen molar-refractivity contribution in [3.8, 4) is 5.75 Å². The fourth-order valence-electron chi connectivity index (χ4n) is 5.44. The van der Waals surface area contributed by atoms with Crippen LogP contribution >= 0.6 is 0 Å². The Hall–Kier alpha value is -3.39. The molecule has 198 valence electrons. The van der Waals surface area contributed by atoms with Crippen LogP contribution in [0.15, 0.2) is 48.5 Å². The maximum atomic E-state index is 13.4. The van der Waals surface area contributed by atoms with E-state index in [4.69, 9.17) is 10.1 Å². The van der Waals surface area contributed by atoms with Gasteiger partial charge >= 0.3 is 0 Å². The fraction of sp³-hybridized carbons (Fsp3) is 0.483. The number of aliphatic hydroxyl groups is 1. The van der Waals surface area contributed by atoms with E-state index in [9.17, 15) is 14.7 Å². The van der Waals surface area contributed by atoms with Crippen LogP contribution in [0.3, 0.4) is 0 Å². The zero-order valence-electron chi connectivity index (χ0n) is 22.3. The van der Waals surface area contributed by atoms with Crippen molar-refractivity contribution in [3.05, 3.63) is 65.2 Å². The smallest absolute Gasteiger partial charge is 0.251 e. The van der Waals surface area contributed by atoms with Crippen molar-refractivity contribution in [1.29, 1.82) is 5.41 Å². The third-order valence-electron chi connectivity index (χ3n) is 7.91. The SMILES string of the molecule is CCC(c1cccc(C(=O)N[C@@H]2c3ccccc3OC(C)(C)[C@H]2O)c1)N1C(=N)NC(CC)(CC)CC1=O. The van der Waals surface area contributed by atoms with Crippen LogP contribution in [0, 0.1) is 5.41 Å². The van der Waals surface area contributed by atoms with Crippen LogP contribution in [-0.2, 0) is 4.79 Å². The van der Waals surface area contributed by atoms with Gasteiger partial charge in [0.05, 0.1) is 18.5 Å². The first-order valence-electron chi connectivity index (χ1n) is 13.1. The zero-order chi connectivity index (χ0) is 27.0. The van der Waals surface area contributed by atoms with Gasteiger partial charge in [0.25, 0.3) is 5.91 Å². The van der Waals surface area contributed by atoms with Gasteiger partial charge in [-0.2, -0.15) is 0 Å². The summed E-state index contributed by atoms with van der Waals surface area (Å²) in [6.07, 6.45) is 1.49. The average Bonchev–Trinajstić information content (AvgIpc) is 2.88. The first-order chi connectivity index (χ1) is 17.6. The van der Waals surface area contributed by atoms with Crippen molar-refractivity contribution >= 4 is 17.8 Å². The molecule has 0 radical (unpaired) electrons. The summed E-state index contributed by atoms with van der Waals surface area (Å²) in [5.74, 6) is 0.319. The highest BCUT2D eigenvalue weighted by Gasteiger charge is 2.44. The van der Waals surface area contributed by atoms with Gasteiger partial charge in [0.15, 0.2) is 5.96 Å². The molecule has 0 aliphatic carbocycles. The lowest BCUT2D eigenvalue weighted by molar-refractivity contribution is -0.132. The normalized spacial score (nSPS) is 22.9. The monoisotopic (exact) mass is 506 g/mol. The van der Waals surface area contributed by atoms with Crippen molar-refractivity contribution < 1.29 is 19.4 Å². The van der Waals surface area contributed by atoms with E-state index in [1.54, 1.807) is 32.0 Å². The van der Waals surface area contributed by atoms with Gasteiger partial charge in [0.1, 0.15) is 17.5 Å². The molecule has 0 spiro atoms. The number of ether oxygens (including phenoxy) is 1. The third-order valence-corrected chi connectivity index (χ3v) is 7.91. The maximum Gasteiger partial charge on any atom is 0.251 e. The highest BCUT2D eigenvalue weighted by molar-refractivity contribution is 6.00. The summed E-state index contributed by atoms with van der Waals surface area (Å²) in [5.41, 5.74) is 0.655. The number of nitrogens with one attached hydrogen (secondary N) is 3. The molecule has 2 amide bonds. The van der Waals surface area contributed by atoms with Crippen LogP contribution in [0.1, 0.15) is 93.9 Å². The molecule has 2 aliphatic heterocycles. The summed E-state index contributed by atoms with van der Waals surface area (Å²) in [7, 11) is 0. The number of para-hydroxylation sites is 1. The number of hydrogen-bond acceptors (Lipinski definition) is 5. The van der Waals surface area contributed by atoms with Gasteiger partial charge in [-0.15, -0.1) is 0 Å². The number of carbonyl (C=O) groups excluding carboxylic acids is 2. The Morgan fingerprint density at radius 1 is 1.19 bits per heavy atom. The van der Waals surface area contributed by atoms with Gasteiger partial charge in [-0.1, -0.05) is 51.1 Å². The molecular weight excluding hydrogens is 468 g/mol. The minimum atomic E-state index is -0.951. The Labute approximate surface area is 218 Å². The lowest BCUT2D eigenvalue weighted by atomic mass is 9.86. The van der Waals surface area contributed by atoms with Crippen LogP contribution in [0.25, 0.3) is 0 Å². The molecule has 0 saturated carbocycles. The van der Waals surface area contributed by atoms with E-state index in [2.05, 4.69) is 10.6 Å². The summed E-state index contributed by atoms with van der Waals surface area (Å²) < 4.78 is 5.97. The molecule has 2 heterocycles. The van der Waals surface area contributed by atoms with Gasteiger partial charge in [-0.05, 0) is 56.9 Å². The lowest BCUT2D eigenvalue weighted by Gasteiger charge is -2.44. The first kappa shape index (κ1) is 26.7. The van der Waals surface area contributed by atoms with E-state index >= 15 is 0 Å². The molecule has 2 aliphatic rings. The summed E-state index contributed by atoms with van der Waals surface area (Å²) in [5, 5.41) is 25.9. The van der Waals surface area contributed by atoms with E-state index in [-0.39, 0.29) is 29.4 Å². The average molecular weight is 507 g/mol. The van der Waals surface area contributed by atoms with Gasteiger partial charge in [0, 0.05) is 16.7 Å². The topological polar surface area (TPSA) is 115 Å². The molecule has 0 aromatic heterocycles. The van der Waals surface area contributed by atoms with Gasteiger partial charge in [0.2, 0.25) is 5.91 Å². The number of guanidine groups is 1. The number of fused-ring (bicyclic) bond motifs is 1. The molecule has 0 bridgehead atoms. The second-order valence-corrected chi connectivity index (χ2v) is 10.6. The van der Waals surface area contributed by atoms with Crippen LogP contribution in [-0.4, -0.2) is 45.0 Å². The first-order valence-corrected chi connectivity index (χ1v) is 13.1. The predicted molar refractivity (Wildman–Crippen MR) is 142 cm³/mol. The summed E-state index contributed by atoms with van der Waals surface area (Å²) >= 11 is 0. The Balaban J connectivity index is 1.59. The van der Waals surface area contributed by atoms with Gasteiger partial charge < -0.3 is 20.5 Å². The van der Waals surface area contributed by atoms with Crippen molar-refractivity contribution in [3.63, 3.8) is 0 Å². The van der Waals surface area contributed by atoms with E-state index in [0.717, 1.165) is 24.0 Å². The van der Waals surface area contributed by atoms with E-state index in [1.807, 2.05) is 51.1 Å². The van der Waals surface area contributed by atoms with Gasteiger partial charge in [-0.25, -0.2) is 0 Å². The molecule has 8 nitrogen and oxygen atoms in total. The summed E-state index contributed by atoms with van der Waals surface area (Å²) in [6, 6.07) is 13.5. The molecule has 4 N–H and O–H groups in total. The Bertz CT molecular complexity index is 1170. The van der Waals surface area contributed by atoms with Gasteiger partial charge in [-0.3, -0.25) is 19.9 Å². The maximum absolute atomic E-state index is 13.4. The van der Waals surface area contributed by atoms with E-state index in [0.29, 0.717) is 24.2 Å². The highest BCUT2D eigenvalue weighted by Crippen LogP contribution is 2.40. The molecule has 1 unspecified atom stereocenters. The van der Waals surface area contributed by atoms with Crippen molar-refractivity contribution in [1.82, 2.24) is 15.5 Å². The second kappa shape index (κ2) is 10.2. The number of aliphatic hydroxyl groups excluding tert-OH is 1. The van der Waals surface area contributed by atoms with Crippen molar-refractivity contribution in [2.24, 2.45) is 0 Å². The number of hydrogen-bond donors (Lipinski definition) is 4. The summed E-state index contributed by atoms with van der Waals surface area (Å²) in [6.45, 7) is 9.62. The minimum Gasteiger partial charge on any atom is -0.485 e. The Morgan fingerprint density at radius 2 is 1.89 bits per heavy atom. The van der Waals surface area contributed by atoms with E-state index < -0.39 is 17.7 Å². The highest BCUT2D eigenvalue weighted by atomic mass is 16.5. The summed E-state index contributed by atoms with van der Waals surface area (Å²) in [4.78, 5) is 28.2. The largest absolute Gasteiger partial charge is 0.485 e. The third kappa shape index (κ3) is 4.94. The molecule has 37 heavy (non-hydrogen) atoms. The van der Waals surface area contributed by atoms with Crippen LogP contribution in [0.4, 0.5) is 0 Å². The predicted octanol–water partition coefficient (Wildman–Crippen LogP) is 4.46. The molecule has 8 heteroatoms.